The van der Waals surface area contributed by atoms with Crippen molar-refractivity contribution in [1.29, 1.82) is 0 Å². The number of halogens is 2. The van der Waals surface area contributed by atoms with Gasteiger partial charge in [0.15, 0.2) is 0 Å². The number of hydrogen-bond donors (Lipinski definition) is 0. The van der Waals surface area contributed by atoms with Gasteiger partial charge >= 0.3 is 6.09 Å². The van der Waals surface area contributed by atoms with E-state index in [0.29, 0.717) is 50.3 Å². The number of anilines is 1. The molecule has 31 heavy (non-hydrogen) atoms. The molecule has 2 fully saturated rings. The molecule has 0 radical (unpaired) electrons. The molecule has 0 spiro atoms. The molecule has 0 unspecified atom stereocenters. The Kier molecular flexibility index (Phi) is 5.94. The van der Waals surface area contributed by atoms with Gasteiger partial charge in [-0.1, -0.05) is 6.07 Å². The van der Waals surface area contributed by atoms with Crippen LogP contribution in [0, 0.1) is 5.82 Å². The van der Waals surface area contributed by atoms with Crippen molar-refractivity contribution in [3.63, 3.8) is 0 Å². The third-order valence-electron chi connectivity index (χ3n) is 6.46. The maximum absolute atomic E-state index is 15.2. The Labute approximate surface area is 182 Å². The number of hydrogen-bond acceptors (Lipinski definition) is 4. The highest BCUT2D eigenvalue weighted by Gasteiger charge is 2.42. The summed E-state index contributed by atoms with van der Waals surface area (Å²) in [4.78, 5) is 30.2. The van der Waals surface area contributed by atoms with Crippen LogP contribution in [0.5, 0.6) is 0 Å². The Bertz CT molecular complexity index is 849. The Morgan fingerprint density at radius 2 is 1.84 bits per heavy atom. The minimum absolute atomic E-state index is 0.0471. The van der Waals surface area contributed by atoms with Crippen LogP contribution in [0.25, 0.3) is 0 Å². The number of fused-ring (bicyclic) bond motifs is 1. The third-order valence-corrected chi connectivity index (χ3v) is 6.46. The van der Waals surface area contributed by atoms with Crippen molar-refractivity contribution >= 4 is 17.7 Å². The quantitative estimate of drug-likeness (QED) is 0.713. The second kappa shape index (κ2) is 8.37. The van der Waals surface area contributed by atoms with Crippen molar-refractivity contribution in [3.05, 3.63) is 29.6 Å². The summed E-state index contributed by atoms with van der Waals surface area (Å²) in [7, 11) is 0. The van der Waals surface area contributed by atoms with Gasteiger partial charge in [0.1, 0.15) is 17.6 Å². The van der Waals surface area contributed by atoms with E-state index in [0.717, 1.165) is 0 Å². The molecule has 2 aliphatic heterocycles. The molecular weight excluding hydrogens is 404 g/mol. The molecule has 3 atom stereocenters. The van der Waals surface area contributed by atoms with Crippen LogP contribution < -0.4 is 4.90 Å². The van der Waals surface area contributed by atoms with E-state index >= 15 is 4.39 Å². The molecule has 2 heterocycles. The number of ether oxygens (including phenoxy) is 1. The Balaban J connectivity index is 1.34. The van der Waals surface area contributed by atoms with Crippen molar-refractivity contribution < 1.29 is 23.1 Å². The average Bonchev–Trinajstić information content (AvgIpc) is 3.04. The van der Waals surface area contributed by atoms with Crippen LogP contribution in [0.3, 0.4) is 0 Å². The summed E-state index contributed by atoms with van der Waals surface area (Å²) >= 11 is 0. The predicted molar refractivity (Wildman–Crippen MR) is 113 cm³/mol. The molecule has 1 aromatic rings. The maximum atomic E-state index is 15.2. The number of rotatable bonds is 2. The molecule has 1 saturated heterocycles. The standard InChI is InChI=1S/C23H31F2N3O3/c1-23(2,3)31-22(30)27-11-9-26(10-12-27)20-8-7-15(13-18(20)25)28-19-6-4-5-17(24)16(19)14-21(28)29/h4-6,15,18,20H,7-14H2,1-3H3/t15-,18+,20+/m1/s1. The normalized spacial score (nSPS) is 27.4. The van der Waals surface area contributed by atoms with Gasteiger partial charge in [-0.25, -0.2) is 13.6 Å². The molecule has 2 amide bonds. The van der Waals surface area contributed by atoms with E-state index in [9.17, 15) is 14.0 Å². The van der Waals surface area contributed by atoms with Crippen LogP contribution in [0.4, 0.5) is 19.3 Å². The Hall–Kier alpha value is -2.22. The lowest BCUT2D eigenvalue weighted by Gasteiger charge is -2.44. The van der Waals surface area contributed by atoms with Gasteiger partial charge < -0.3 is 14.5 Å². The molecule has 8 heteroatoms. The van der Waals surface area contributed by atoms with Crippen LogP contribution in [0.15, 0.2) is 18.2 Å². The fourth-order valence-electron chi connectivity index (χ4n) is 5.01. The molecule has 6 nitrogen and oxygen atoms in total. The van der Waals surface area contributed by atoms with Crippen LogP contribution in [-0.4, -0.2) is 71.8 Å². The van der Waals surface area contributed by atoms with E-state index in [-0.39, 0.29) is 42.7 Å². The van der Waals surface area contributed by atoms with E-state index < -0.39 is 11.8 Å². The van der Waals surface area contributed by atoms with Crippen molar-refractivity contribution in [3.8, 4) is 0 Å². The summed E-state index contributed by atoms with van der Waals surface area (Å²) in [6.45, 7) is 7.75. The zero-order valence-electron chi connectivity index (χ0n) is 18.4. The van der Waals surface area contributed by atoms with Gasteiger partial charge in [-0.2, -0.15) is 0 Å². The van der Waals surface area contributed by atoms with Crippen molar-refractivity contribution in [1.82, 2.24) is 9.80 Å². The Morgan fingerprint density at radius 1 is 1.13 bits per heavy atom. The molecule has 0 aromatic heterocycles. The highest BCUT2D eigenvalue weighted by molar-refractivity contribution is 6.02. The van der Waals surface area contributed by atoms with Gasteiger partial charge in [-0.15, -0.1) is 0 Å². The number of piperazine rings is 1. The number of benzene rings is 1. The lowest BCUT2D eigenvalue weighted by atomic mass is 9.87. The van der Waals surface area contributed by atoms with Crippen molar-refractivity contribution in [2.24, 2.45) is 0 Å². The predicted octanol–water partition coefficient (Wildman–Crippen LogP) is 3.53. The van der Waals surface area contributed by atoms with Crippen molar-refractivity contribution in [2.45, 2.75) is 70.3 Å². The molecule has 1 aliphatic carbocycles. The molecule has 0 bridgehead atoms. The first-order valence-electron chi connectivity index (χ1n) is 11.1. The summed E-state index contributed by atoms with van der Waals surface area (Å²) in [6.07, 6.45) is 0.207. The smallest absolute Gasteiger partial charge is 0.410 e. The largest absolute Gasteiger partial charge is 0.444 e. The summed E-state index contributed by atoms with van der Waals surface area (Å²) < 4.78 is 34.7. The molecule has 170 valence electrons. The molecule has 1 aromatic carbocycles. The number of alkyl halides is 1. The van der Waals surface area contributed by atoms with E-state index in [1.54, 1.807) is 21.9 Å². The van der Waals surface area contributed by atoms with Gasteiger partial charge in [0.25, 0.3) is 0 Å². The second-order valence-corrected chi connectivity index (χ2v) is 9.73. The monoisotopic (exact) mass is 435 g/mol. The minimum Gasteiger partial charge on any atom is -0.444 e. The van der Waals surface area contributed by atoms with E-state index in [4.69, 9.17) is 4.74 Å². The van der Waals surface area contributed by atoms with Gasteiger partial charge in [0.05, 0.1) is 12.1 Å². The van der Waals surface area contributed by atoms with E-state index in [1.807, 2.05) is 20.8 Å². The first kappa shape index (κ1) is 22.0. The van der Waals surface area contributed by atoms with Gasteiger partial charge in [0.2, 0.25) is 5.91 Å². The zero-order valence-corrected chi connectivity index (χ0v) is 18.4. The number of nitrogens with zero attached hydrogens (tertiary/aromatic N) is 3. The summed E-state index contributed by atoms with van der Waals surface area (Å²) in [5.74, 6) is -0.525. The molecule has 0 N–H and O–H groups in total. The first-order chi connectivity index (χ1) is 14.6. The van der Waals surface area contributed by atoms with Crippen LogP contribution in [0.1, 0.15) is 45.6 Å². The fraction of sp³-hybridized carbons (Fsp3) is 0.652. The van der Waals surface area contributed by atoms with Crippen LogP contribution in [-0.2, 0) is 16.0 Å². The number of carbonyl (C=O) groups excluding carboxylic acids is 2. The lowest BCUT2D eigenvalue weighted by Crippen LogP contribution is -2.57. The minimum atomic E-state index is -1.07. The van der Waals surface area contributed by atoms with Crippen molar-refractivity contribution in [2.75, 3.05) is 31.1 Å². The zero-order chi connectivity index (χ0) is 22.3. The second-order valence-electron chi connectivity index (χ2n) is 9.73. The average molecular weight is 436 g/mol. The lowest BCUT2D eigenvalue weighted by molar-refractivity contribution is -0.118. The Morgan fingerprint density at radius 3 is 2.48 bits per heavy atom. The summed E-state index contributed by atoms with van der Waals surface area (Å²) in [5, 5.41) is 0. The summed E-state index contributed by atoms with van der Waals surface area (Å²) in [5.41, 5.74) is 0.473. The first-order valence-corrected chi connectivity index (χ1v) is 11.1. The topological polar surface area (TPSA) is 53.1 Å². The van der Waals surface area contributed by atoms with Gasteiger partial charge in [-0.3, -0.25) is 9.69 Å². The maximum Gasteiger partial charge on any atom is 0.410 e. The number of amides is 2. The number of carbonyl (C=O) groups is 2. The van der Waals surface area contributed by atoms with Gasteiger partial charge in [-0.05, 0) is 45.7 Å². The molecule has 1 saturated carbocycles. The molecule has 3 aliphatic rings. The van der Waals surface area contributed by atoms with E-state index in [1.165, 1.54) is 6.07 Å². The highest BCUT2D eigenvalue weighted by Crippen LogP contribution is 2.38. The van der Waals surface area contributed by atoms with Gasteiger partial charge in [0, 0.05) is 50.2 Å². The SMILES string of the molecule is CC(C)(C)OC(=O)N1CCN([C@H]2CC[C@@H](N3C(=O)Cc4c(F)cccc43)C[C@@H]2F)CC1. The molecule has 4 rings (SSSR count). The summed E-state index contributed by atoms with van der Waals surface area (Å²) in [6, 6.07) is 4.24. The fourth-order valence-corrected chi connectivity index (χ4v) is 5.01. The van der Waals surface area contributed by atoms with Crippen LogP contribution in [0.2, 0.25) is 0 Å². The highest BCUT2D eigenvalue weighted by atomic mass is 19.1. The molecular formula is C23H31F2N3O3. The van der Waals surface area contributed by atoms with E-state index in [2.05, 4.69) is 4.90 Å². The van der Waals surface area contributed by atoms with Crippen LogP contribution >= 0.6 is 0 Å². The third kappa shape index (κ3) is 4.54.